The van der Waals surface area contributed by atoms with Gasteiger partial charge in [-0.05, 0) is 40.3 Å². The zero-order chi connectivity index (χ0) is 19.3. The van der Waals surface area contributed by atoms with Crippen molar-refractivity contribution in [3.63, 3.8) is 0 Å². The summed E-state index contributed by atoms with van der Waals surface area (Å²) in [4.78, 5) is 12.0. The summed E-state index contributed by atoms with van der Waals surface area (Å²) in [5, 5.41) is 14.4. The molecule has 3 rings (SSSR count). The minimum Gasteiger partial charge on any atom is -0.325 e. The summed E-state index contributed by atoms with van der Waals surface area (Å²) in [7, 11) is 0. The van der Waals surface area contributed by atoms with Crippen molar-refractivity contribution >= 4 is 23.4 Å². The van der Waals surface area contributed by atoms with E-state index in [9.17, 15) is 18.0 Å². The molecule has 6 nitrogen and oxygen atoms in total. The van der Waals surface area contributed by atoms with E-state index in [4.69, 9.17) is 0 Å². The number of thioether (sulfide) groups is 1. The van der Waals surface area contributed by atoms with Crippen molar-refractivity contribution in [2.24, 2.45) is 0 Å². The second-order valence-electron chi connectivity index (χ2n) is 5.52. The fourth-order valence-corrected chi connectivity index (χ4v) is 2.90. The number of carbonyl (C=O) groups is 1. The lowest BCUT2D eigenvalue weighted by Gasteiger charge is -2.09. The van der Waals surface area contributed by atoms with Gasteiger partial charge in [0.15, 0.2) is 0 Å². The highest BCUT2D eigenvalue weighted by Gasteiger charge is 2.29. The molecule has 0 saturated carbocycles. The summed E-state index contributed by atoms with van der Waals surface area (Å²) in [6.07, 6.45) is -4.41. The summed E-state index contributed by atoms with van der Waals surface area (Å²) in [6.45, 7) is 0.469. The number of halogens is 3. The number of hydrogen-bond donors (Lipinski definition) is 1. The van der Waals surface area contributed by atoms with E-state index in [1.165, 1.54) is 12.1 Å². The number of benzene rings is 2. The third-order valence-electron chi connectivity index (χ3n) is 3.50. The van der Waals surface area contributed by atoms with Crippen LogP contribution in [0.2, 0.25) is 0 Å². The van der Waals surface area contributed by atoms with E-state index in [1.807, 2.05) is 30.3 Å². The predicted octanol–water partition coefficient (Wildman–Crippen LogP) is 3.47. The van der Waals surface area contributed by atoms with Gasteiger partial charge in [0.2, 0.25) is 11.1 Å². The number of hydrogen-bond acceptors (Lipinski definition) is 5. The van der Waals surface area contributed by atoms with Crippen molar-refractivity contribution in [3.05, 3.63) is 65.7 Å². The average Bonchev–Trinajstić information content (AvgIpc) is 3.07. The van der Waals surface area contributed by atoms with Crippen LogP contribution in [0.3, 0.4) is 0 Å². The molecule has 0 atom stereocenters. The molecule has 10 heteroatoms. The molecule has 0 unspecified atom stereocenters. The summed E-state index contributed by atoms with van der Waals surface area (Å²) in [5.74, 6) is -0.343. The molecule has 3 aromatic rings. The van der Waals surface area contributed by atoms with Crippen LogP contribution in [0.25, 0.3) is 0 Å². The summed E-state index contributed by atoms with van der Waals surface area (Å²) < 4.78 is 39.2. The monoisotopic (exact) mass is 393 g/mol. The van der Waals surface area contributed by atoms with Crippen molar-refractivity contribution in [2.75, 3.05) is 11.1 Å². The lowest BCUT2D eigenvalue weighted by atomic mass is 10.2. The highest BCUT2D eigenvalue weighted by molar-refractivity contribution is 7.99. The molecular formula is C17H14F3N5OS. The van der Waals surface area contributed by atoms with Crippen molar-refractivity contribution in [1.29, 1.82) is 0 Å². The molecule has 1 aromatic heterocycles. The molecule has 0 bridgehead atoms. The van der Waals surface area contributed by atoms with Gasteiger partial charge in [0, 0.05) is 5.69 Å². The van der Waals surface area contributed by atoms with Crippen molar-refractivity contribution in [3.8, 4) is 0 Å². The first kappa shape index (κ1) is 18.9. The van der Waals surface area contributed by atoms with Crippen LogP contribution in [-0.4, -0.2) is 31.9 Å². The Hall–Kier alpha value is -2.88. The number of nitrogens with one attached hydrogen (secondary N) is 1. The number of amides is 1. The second-order valence-corrected chi connectivity index (χ2v) is 6.46. The molecule has 1 N–H and O–H groups in total. The number of alkyl halides is 3. The van der Waals surface area contributed by atoms with Crippen LogP contribution in [-0.2, 0) is 17.5 Å². The van der Waals surface area contributed by atoms with Gasteiger partial charge in [-0.25, -0.2) is 4.68 Å². The zero-order valence-corrected chi connectivity index (χ0v) is 14.7. The third kappa shape index (κ3) is 5.30. The zero-order valence-electron chi connectivity index (χ0n) is 13.8. The number of aromatic nitrogens is 4. The molecule has 0 spiro atoms. The summed E-state index contributed by atoms with van der Waals surface area (Å²) in [6, 6.07) is 13.9. The first-order valence-corrected chi connectivity index (χ1v) is 8.80. The smallest absolute Gasteiger partial charge is 0.325 e. The molecule has 0 aliphatic heterocycles. The van der Waals surface area contributed by atoms with Crippen molar-refractivity contribution < 1.29 is 18.0 Å². The van der Waals surface area contributed by atoms with E-state index in [0.29, 0.717) is 11.7 Å². The lowest BCUT2D eigenvalue weighted by Crippen LogP contribution is -2.15. The average molecular weight is 393 g/mol. The minimum absolute atomic E-state index is 0.0240. The Morgan fingerprint density at radius 1 is 1.07 bits per heavy atom. The van der Waals surface area contributed by atoms with Crippen LogP contribution in [0, 0.1) is 0 Å². The van der Waals surface area contributed by atoms with Crippen LogP contribution in [0.4, 0.5) is 18.9 Å². The fourth-order valence-electron chi connectivity index (χ4n) is 2.23. The van der Waals surface area contributed by atoms with Gasteiger partial charge in [0.05, 0.1) is 17.9 Å². The highest BCUT2D eigenvalue weighted by Crippen LogP contribution is 2.29. The topological polar surface area (TPSA) is 72.7 Å². The number of carbonyl (C=O) groups excluding carboxylic acids is 1. The summed E-state index contributed by atoms with van der Waals surface area (Å²) in [5.41, 5.74) is 0.535. The molecule has 2 aromatic carbocycles. The maximum atomic E-state index is 12.5. The fraction of sp³-hybridized carbons (Fsp3) is 0.176. The van der Waals surface area contributed by atoms with E-state index in [1.54, 1.807) is 4.68 Å². The third-order valence-corrected chi connectivity index (χ3v) is 4.46. The highest BCUT2D eigenvalue weighted by atomic mass is 32.2. The molecule has 0 aliphatic carbocycles. The lowest BCUT2D eigenvalue weighted by molar-refractivity contribution is -0.137. The Morgan fingerprint density at radius 2 is 1.78 bits per heavy atom. The predicted molar refractivity (Wildman–Crippen MR) is 94.2 cm³/mol. The number of rotatable bonds is 6. The van der Waals surface area contributed by atoms with Crippen LogP contribution in [0.1, 0.15) is 11.1 Å². The number of anilines is 1. The van der Waals surface area contributed by atoms with Crippen molar-refractivity contribution in [2.45, 2.75) is 17.9 Å². The van der Waals surface area contributed by atoms with Crippen LogP contribution in [0.15, 0.2) is 59.8 Å². The second kappa shape index (κ2) is 8.21. The Kier molecular flexibility index (Phi) is 5.75. The largest absolute Gasteiger partial charge is 0.416 e. The van der Waals surface area contributed by atoms with Crippen LogP contribution < -0.4 is 5.32 Å². The van der Waals surface area contributed by atoms with Gasteiger partial charge in [0.1, 0.15) is 0 Å². The molecule has 0 fully saturated rings. The Labute approximate surface area is 156 Å². The van der Waals surface area contributed by atoms with Gasteiger partial charge in [-0.1, -0.05) is 42.1 Å². The van der Waals surface area contributed by atoms with Gasteiger partial charge in [-0.2, -0.15) is 13.2 Å². The quantitative estimate of drug-likeness (QED) is 0.650. The molecule has 1 amide bonds. The molecule has 0 radical (unpaired) electrons. The molecule has 1 heterocycles. The first-order valence-electron chi connectivity index (χ1n) is 7.82. The van der Waals surface area contributed by atoms with E-state index in [-0.39, 0.29) is 17.3 Å². The van der Waals surface area contributed by atoms with Gasteiger partial charge in [-0.3, -0.25) is 4.79 Å². The maximum absolute atomic E-state index is 12.5. The molecule has 0 saturated heterocycles. The summed E-state index contributed by atoms with van der Waals surface area (Å²) >= 11 is 1.14. The van der Waals surface area contributed by atoms with Gasteiger partial charge in [-0.15, -0.1) is 5.10 Å². The van der Waals surface area contributed by atoms with Crippen LogP contribution in [0.5, 0.6) is 0 Å². The van der Waals surface area contributed by atoms with Gasteiger partial charge < -0.3 is 5.32 Å². The maximum Gasteiger partial charge on any atom is 0.416 e. The number of tetrazole rings is 1. The van der Waals surface area contributed by atoms with Crippen LogP contribution >= 0.6 is 11.8 Å². The minimum atomic E-state index is -4.41. The molecule has 0 aliphatic rings. The normalized spacial score (nSPS) is 11.4. The van der Waals surface area contributed by atoms with Crippen molar-refractivity contribution in [1.82, 2.24) is 20.2 Å². The van der Waals surface area contributed by atoms with Gasteiger partial charge in [0.25, 0.3) is 0 Å². The Balaban J connectivity index is 1.55. The van der Waals surface area contributed by atoms with E-state index >= 15 is 0 Å². The van der Waals surface area contributed by atoms with E-state index < -0.39 is 11.7 Å². The Morgan fingerprint density at radius 3 is 2.44 bits per heavy atom. The first-order chi connectivity index (χ1) is 12.9. The SMILES string of the molecule is O=C(CSc1nnnn1Cc1ccccc1)Nc1ccc(C(F)(F)F)cc1. The standard InChI is InChI=1S/C17H14F3N5OS/c18-17(19,20)13-6-8-14(9-7-13)21-15(26)11-27-16-22-23-24-25(16)10-12-4-2-1-3-5-12/h1-9H,10-11H2,(H,21,26). The molecule has 140 valence electrons. The van der Waals surface area contributed by atoms with Gasteiger partial charge >= 0.3 is 6.18 Å². The number of nitrogens with zero attached hydrogens (tertiary/aromatic N) is 4. The Bertz CT molecular complexity index is 897. The molecule has 27 heavy (non-hydrogen) atoms. The molecular weight excluding hydrogens is 379 g/mol. The van der Waals surface area contributed by atoms with E-state index in [0.717, 1.165) is 29.5 Å². The van der Waals surface area contributed by atoms with E-state index in [2.05, 4.69) is 20.8 Å².